The minimum atomic E-state index is -0.319. The van der Waals surface area contributed by atoms with E-state index in [9.17, 15) is 4.79 Å². The molecule has 0 aliphatic carbocycles. The highest BCUT2D eigenvalue weighted by Gasteiger charge is 2.10. The molecule has 0 aromatic carbocycles. The van der Waals surface area contributed by atoms with Crippen LogP contribution in [0.25, 0.3) is 0 Å². The van der Waals surface area contributed by atoms with Crippen molar-refractivity contribution >= 4 is 5.97 Å². The second-order valence-corrected chi connectivity index (χ2v) is 4.45. The van der Waals surface area contributed by atoms with Crippen molar-refractivity contribution in [3.8, 4) is 12.3 Å². The van der Waals surface area contributed by atoms with Crippen LogP contribution in [0.4, 0.5) is 0 Å². The highest BCUT2D eigenvalue weighted by atomic mass is 16.5. The lowest BCUT2D eigenvalue weighted by molar-refractivity contribution is -0.146. The van der Waals surface area contributed by atoms with E-state index in [0.29, 0.717) is 6.42 Å². The highest BCUT2D eigenvalue weighted by Crippen LogP contribution is 2.09. The second kappa shape index (κ2) is 11.5. The van der Waals surface area contributed by atoms with Crippen LogP contribution in [-0.4, -0.2) is 12.1 Å². The molecule has 98 valence electrons. The summed E-state index contributed by atoms with van der Waals surface area (Å²) in [5, 5.41) is 0. The fourth-order valence-electron chi connectivity index (χ4n) is 1.67. The molecule has 2 nitrogen and oxygen atoms in total. The Bertz CT molecular complexity index is 228. The molecule has 17 heavy (non-hydrogen) atoms. The predicted octanol–water partition coefficient (Wildman–Crippen LogP) is 4.08. The van der Waals surface area contributed by atoms with Crippen LogP contribution in [0.2, 0.25) is 0 Å². The molecule has 0 N–H and O–H groups in total. The Hall–Kier alpha value is -0.970. The first-order valence-electron chi connectivity index (χ1n) is 6.90. The molecule has 0 spiro atoms. The van der Waals surface area contributed by atoms with E-state index in [1.807, 2.05) is 0 Å². The van der Waals surface area contributed by atoms with E-state index in [2.05, 4.69) is 19.8 Å². The van der Waals surface area contributed by atoms with Crippen molar-refractivity contribution in [1.82, 2.24) is 0 Å². The summed E-state index contributed by atoms with van der Waals surface area (Å²) in [5.41, 5.74) is 0. The molecule has 0 saturated carbocycles. The molecular formula is C15H26O2. The molecule has 0 heterocycles. The summed E-state index contributed by atoms with van der Waals surface area (Å²) in [6, 6.07) is 0. The van der Waals surface area contributed by atoms with Gasteiger partial charge in [0, 0.05) is 6.42 Å². The monoisotopic (exact) mass is 238 g/mol. The van der Waals surface area contributed by atoms with Crippen LogP contribution in [-0.2, 0) is 9.53 Å². The number of hydrogen-bond acceptors (Lipinski definition) is 2. The first-order valence-corrected chi connectivity index (χ1v) is 6.90. The van der Waals surface area contributed by atoms with E-state index < -0.39 is 0 Å². The summed E-state index contributed by atoms with van der Waals surface area (Å²) < 4.78 is 5.25. The third-order valence-electron chi connectivity index (χ3n) is 2.76. The fourth-order valence-corrected chi connectivity index (χ4v) is 1.67. The average Bonchev–Trinajstić information content (AvgIpc) is 2.33. The summed E-state index contributed by atoms with van der Waals surface area (Å²) in [5.74, 6) is 2.41. The smallest absolute Gasteiger partial charge is 0.307 e. The molecule has 0 amide bonds. The predicted molar refractivity (Wildman–Crippen MR) is 71.6 cm³/mol. The third kappa shape index (κ3) is 9.93. The quantitative estimate of drug-likeness (QED) is 0.325. The summed E-state index contributed by atoms with van der Waals surface area (Å²) in [4.78, 5) is 11.5. The molecule has 1 unspecified atom stereocenters. The van der Waals surface area contributed by atoms with E-state index in [1.165, 1.54) is 12.8 Å². The second-order valence-electron chi connectivity index (χ2n) is 4.45. The SMILES string of the molecule is C#CC(CCCCC)OC(=O)CCCCCC. The van der Waals surface area contributed by atoms with Crippen LogP contribution in [0.3, 0.4) is 0 Å². The van der Waals surface area contributed by atoms with Gasteiger partial charge in [0.1, 0.15) is 0 Å². The maximum Gasteiger partial charge on any atom is 0.307 e. The van der Waals surface area contributed by atoms with E-state index in [4.69, 9.17) is 11.2 Å². The molecule has 0 saturated heterocycles. The maximum absolute atomic E-state index is 11.5. The first kappa shape index (κ1) is 16.0. The Labute approximate surface area is 106 Å². The number of carbonyl (C=O) groups is 1. The summed E-state index contributed by atoms with van der Waals surface area (Å²) >= 11 is 0. The van der Waals surface area contributed by atoms with Crippen molar-refractivity contribution in [2.24, 2.45) is 0 Å². The Kier molecular flexibility index (Phi) is 10.9. The van der Waals surface area contributed by atoms with Gasteiger partial charge in [-0.1, -0.05) is 51.9 Å². The van der Waals surface area contributed by atoms with Gasteiger partial charge in [-0.15, -0.1) is 6.42 Å². The van der Waals surface area contributed by atoms with E-state index in [-0.39, 0.29) is 12.1 Å². The van der Waals surface area contributed by atoms with Gasteiger partial charge in [-0.3, -0.25) is 4.79 Å². The lowest BCUT2D eigenvalue weighted by atomic mass is 10.1. The summed E-state index contributed by atoms with van der Waals surface area (Å²) in [7, 11) is 0. The molecule has 0 bridgehead atoms. The number of hydrogen-bond donors (Lipinski definition) is 0. The standard InChI is InChI=1S/C15H26O2/c1-4-7-9-11-13-15(16)17-14(6-3)12-10-8-5-2/h3,14H,4-5,7-13H2,1-2H3. The van der Waals surface area contributed by atoms with Crippen LogP contribution in [0.15, 0.2) is 0 Å². The zero-order valence-electron chi connectivity index (χ0n) is 11.3. The molecule has 0 aliphatic rings. The number of ether oxygens (including phenoxy) is 1. The molecule has 0 aromatic heterocycles. The van der Waals surface area contributed by atoms with E-state index in [0.717, 1.165) is 38.5 Å². The first-order chi connectivity index (χ1) is 8.24. The number of unbranched alkanes of at least 4 members (excludes halogenated alkanes) is 5. The highest BCUT2D eigenvalue weighted by molar-refractivity contribution is 5.69. The number of esters is 1. The van der Waals surface area contributed by atoms with Crippen molar-refractivity contribution < 1.29 is 9.53 Å². The topological polar surface area (TPSA) is 26.3 Å². The van der Waals surface area contributed by atoms with Crippen molar-refractivity contribution in [3.05, 3.63) is 0 Å². The van der Waals surface area contributed by atoms with Crippen molar-refractivity contribution in [2.75, 3.05) is 0 Å². The molecule has 0 aliphatic heterocycles. The molecule has 0 aromatic rings. The Morgan fingerprint density at radius 3 is 2.35 bits per heavy atom. The third-order valence-corrected chi connectivity index (χ3v) is 2.76. The van der Waals surface area contributed by atoms with Gasteiger partial charge >= 0.3 is 5.97 Å². The number of rotatable bonds is 10. The van der Waals surface area contributed by atoms with Gasteiger partial charge in [0.15, 0.2) is 6.10 Å². The van der Waals surface area contributed by atoms with Gasteiger partial charge in [-0.25, -0.2) is 0 Å². The van der Waals surface area contributed by atoms with Gasteiger partial charge in [-0.05, 0) is 19.3 Å². The molecule has 2 heteroatoms. The summed E-state index contributed by atoms with van der Waals surface area (Å²) in [6.45, 7) is 4.30. The number of carbonyl (C=O) groups excluding carboxylic acids is 1. The Balaban J connectivity index is 3.64. The lowest BCUT2D eigenvalue weighted by Gasteiger charge is -2.12. The molecule has 1 atom stereocenters. The Morgan fingerprint density at radius 2 is 1.76 bits per heavy atom. The van der Waals surface area contributed by atoms with Crippen molar-refractivity contribution in [3.63, 3.8) is 0 Å². The van der Waals surface area contributed by atoms with Crippen molar-refractivity contribution in [2.45, 2.75) is 77.7 Å². The lowest BCUT2D eigenvalue weighted by Crippen LogP contribution is -2.16. The molecule has 0 radical (unpaired) electrons. The molecular weight excluding hydrogens is 212 g/mol. The van der Waals surface area contributed by atoms with Gasteiger partial charge < -0.3 is 4.74 Å². The zero-order chi connectivity index (χ0) is 12.9. The summed E-state index contributed by atoms with van der Waals surface area (Å²) in [6.07, 6.45) is 14.0. The van der Waals surface area contributed by atoms with Crippen LogP contribution in [0.1, 0.15) is 71.6 Å². The maximum atomic E-state index is 11.5. The fraction of sp³-hybridized carbons (Fsp3) is 0.800. The van der Waals surface area contributed by atoms with Gasteiger partial charge in [0.25, 0.3) is 0 Å². The largest absolute Gasteiger partial charge is 0.449 e. The average molecular weight is 238 g/mol. The van der Waals surface area contributed by atoms with Crippen LogP contribution in [0.5, 0.6) is 0 Å². The molecule has 0 rings (SSSR count). The Morgan fingerprint density at radius 1 is 1.12 bits per heavy atom. The normalized spacial score (nSPS) is 11.8. The van der Waals surface area contributed by atoms with Crippen LogP contribution in [0, 0.1) is 12.3 Å². The van der Waals surface area contributed by atoms with E-state index >= 15 is 0 Å². The minimum Gasteiger partial charge on any atom is -0.449 e. The minimum absolute atomic E-state index is 0.138. The van der Waals surface area contributed by atoms with Gasteiger partial charge in [0.05, 0.1) is 0 Å². The zero-order valence-corrected chi connectivity index (χ0v) is 11.3. The number of terminal acetylenes is 1. The van der Waals surface area contributed by atoms with Crippen LogP contribution < -0.4 is 0 Å². The van der Waals surface area contributed by atoms with Crippen LogP contribution >= 0.6 is 0 Å². The van der Waals surface area contributed by atoms with Gasteiger partial charge in [0.2, 0.25) is 0 Å². The van der Waals surface area contributed by atoms with Crippen molar-refractivity contribution in [1.29, 1.82) is 0 Å². The van der Waals surface area contributed by atoms with E-state index in [1.54, 1.807) is 0 Å². The van der Waals surface area contributed by atoms with Gasteiger partial charge in [-0.2, -0.15) is 0 Å². The molecule has 0 fully saturated rings.